The lowest BCUT2D eigenvalue weighted by Gasteiger charge is -2.13. The van der Waals surface area contributed by atoms with Crippen molar-refractivity contribution in [2.45, 2.75) is 12.8 Å². The van der Waals surface area contributed by atoms with Gasteiger partial charge in [0.05, 0.1) is 12.7 Å². The standard InChI is InChI=1S/C17H20N2O4/c1-19(2)14-7-5-13(6-8-14)18-16(20)12-23-17(21)10-9-15-4-3-11-22-15/h3-8,11H,9-10,12H2,1-2H3,(H,18,20). The van der Waals surface area contributed by atoms with Crippen LogP contribution in [0.1, 0.15) is 12.2 Å². The predicted molar refractivity (Wildman–Crippen MR) is 87.4 cm³/mol. The average molecular weight is 316 g/mol. The van der Waals surface area contributed by atoms with Gasteiger partial charge >= 0.3 is 5.97 Å². The first-order valence-electron chi connectivity index (χ1n) is 7.30. The van der Waals surface area contributed by atoms with E-state index in [0.717, 1.165) is 5.69 Å². The van der Waals surface area contributed by atoms with Gasteiger partial charge in [0.1, 0.15) is 5.76 Å². The lowest BCUT2D eigenvalue weighted by Crippen LogP contribution is -2.21. The third kappa shape index (κ3) is 5.50. The number of hydrogen-bond acceptors (Lipinski definition) is 5. The maximum absolute atomic E-state index is 11.8. The molecule has 0 atom stereocenters. The van der Waals surface area contributed by atoms with Crippen molar-refractivity contribution in [1.29, 1.82) is 0 Å². The zero-order chi connectivity index (χ0) is 16.7. The van der Waals surface area contributed by atoms with Crippen molar-refractivity contribution < 1.29 is 18.7 Å². The smallest absolute Gasteiger partial charge is 0.306 e. The summed E-state index contributed by atoms with van der Waals surface area (Å²) in [5.74, 6) is -0.0826. The Hall–Kier alpha value is -2.76. The Morgan fingerprint density at radius 1 is 1.17 bits per heavy atom. The molecule has 0 aliphatic rings. The van der Waals surface area contributed by atoms with Crippen LogP contribution in [-0.2, 0) is 20.7 Å². The molecule has 0 radical (unpaired) electrons. The number of carbonyl (C=O) groups is 2. The summed E-state index contributed by atoms with van der Waals surface area (Å²) in [4.78, 5) is 25.3. The first-order valence-corrected chi connectivity index (χ1v) is 7.30. The summed E-state index contributed by atoms with van der Waals surface area (Å²) in [5, 5.41) is 2.68. The highest BCUT2D eigenvalue weighted by atomic mass is 16.5. The van der Waals surface area contributed by atoms with Gasteiger partial charge in [-0.25, -0.2) is 0 Å². The van der Waals surface area contributed by atoms with E-state index in [9.17, 15) is 9.59 Å². The van der Waals surface area contributed by atoms with Crippen molar-refractivity contribution in [2.75, 3.05) is 30.9 Å². The van der Waals surface area contributed by atoms with Crippen LogP contribution in [0.15, 0.2) is 47.1 Å². The molecule has 6 nitrogen and oxygen atoms in total. The van der Waals surface area contributed by atoms with Gasteiger partial charge in [-0.15, -0.1) is 0 Å². The van der Waals surface area contributed by atoms with Crippen LogP contribution < -0.4 is 10.2 Å². The van der Waals surface area contributed by atoms with E-state index in [1.807, 2.05) is 31.1 Å². The molecule has 23 heavy (non-hydrogen) atoms. The molecule has 1 N–H and O–H groups in total. The fraction of sp³-hybridized carbons (Fsp3) is 0.294. The van der Waals surface area contributed by atoms with E-state index in [1.54, 1.807) is 30.5 Å². The molecule has 1 aromatic carbocycles. The fourth-order valence-corrected chi connectivity index (χ4v) is 1.94. The average Bonchev–Trinajstić information content (AvgIpc) is 3.05. The first-order chi connectivity index (χ1) is 11.0. The molecular formula is C17H20N2O4. The number of furan rings is 1. The third-order valence-electron chi connectivity index (χ3n) is 3.19. The monoisotopic (exact) mass is 316 g/mol. The summed E-state index contributed by atoms with van der Waals surface area (Å²) in [5.41, 5.74) is 1.69. The van der Waals surface area contributed by atoms with E-state index in [-0.39, 0.29) is 18.9 Å². The summed E-state index contributed by atoms with van der Waals surface area (Å²) >= 11 is 0. The molecular weight excluding hydrogens is 296 g/mol. The van der Waals surface area contributed by atoms with Crippen LogP contribution >= 0.6 is 0 Å². The second-order valence-corrected chi connectivity index (χ2v) is 5.23. The Bertz CT molecular complexity index is 633. The minimum absolute atomic E-state index is 0.179. The number of nitrogens with one attached hydrogen (secondary N) is 1. The molecule has 0 unspecified atom stereocenters. The Labute approximate surface area is 135 Å². The van der Waals surface area contributed by atoms with Gasteiger partial charge in [0.2, 0.25) is 0 Å². The van der Waals surface area contributed by atoms with E-state index in [2.05, 4.69) is 5.32 Å². The van der Waals surface area contributed by atoms with Gasteiger partial charge in [-0.3, -0.25) is 9.59 Å². The molecule has 1 amide bonds. The SMILES string of the molecule is CN(C)c1ccc(NC(=O)COC(=O)CCc2ccco2)cc1. The van der Waals surface area contributed by atoms with Crippen LogP contribution in [0, 0.1) is 0 Å². The molecule has 0 bridgehead atoms. The summed E-state index contributed by atoms with van der Waals surface area (Å²) < 4.78 is 10.1. The minimum atomic E-state index is -0.431. The van der Waals surface area contributed by atoms with Crippen LogP contribution in [0.25, 0.3) is 0 Å². The van der Waals surface area contributed by atoms with Crippen molar-refractivity contribution in [3.63, 3.8) is 0 Å². The maximum atomic E-state index is 11.8. The van der Waals surface area contributed by atoms with Crippen LogP contribution in [0.3, 0.4) is 0 Å². The van der Waals surface area contributed by atoms with E-state index in [1.165, 1.54) is 0 Å². The number of esters is 1. The molecule has 122 valence electrons. The number of amides is 1. The molecule has 2 rings (SSSR count). The highest BCUT2D eigenvalue weighted by molar-refractivity contribution is 5.92. The lowest BCUT2D eigenvalue weighted by molar-refractivity contribution is -0.147. The summed E-state index contributed by atoms with van der Waals surface area (Å²) in [6.45, 7) is -0.299. The zero-order valence-corrected chi connectivity index (χ0v) is 13.2. The Balaban J connectivity index is 1.70. The Morgan fingerprint density at radius 3 is 2.52 bits per heavy atom. The van der Waals surface area contributed by atoms with E-state index < -0.39 is 5.97 Å². The molecule has 6 heteroatoms. The predicted octanol–water partition coefficient (Wildman–Crippen LogP) is 2.46. The van der Waals surface area contributed by atoms with Gasteiger partial charge in [0.25, 0.3) is 5.91 Å². The summed E-state index contributed by atoms with van der Waals surface area (Å²) in [7, 11) is 3.88. The van der Waals surface area contributed by atoms with Crippen molar-refractivity contribution >= 4 is 23.3 Å². The first kappa shape index (κ1) is 16.6. The normalized spacial score (nSPS) is 10.2. The summed E-state index contributed by atoms with van der Waals surface area (Å²) in [6, 6.07) is 10.9. The molecule has 0 spiro atoms. The second-order valence-electron chi connectivity index (χ2n) is 5.23. The number of carbonyl (C=O) groups excluding carboxylic acids is 2. The number of rotatable bonds is 7. The zero-order valence-electron chi connectivity index (χ0n) is 13.2. The molecule has 0 aliphatic carbocycles. The van der Waals surface area contributed by atoms with Crippen molar-refractivity contribution in [3.8, 4) is 0 Å². The van der Waals surface area contributed by atoms with Crippen molar-refractivity contribution in [3.05, 3.63) is 48.4 Å². The van der Waals surface area contributed by atoms with Crippen molar-refractivity contribution in [2.24, 2.45) is 0 Å². The van der Waals surface area contributed by atoms with Gasteiger partial charge < -0.3 is 19.4 Å². The molecule has 1 aromatic heterocycles. The Kier molecular flexibility index (Phi) is 5.80. The number of hydrogen-bond donors (Lipinski definition) is 1. The molecule has 0 fully saturated rings. The van der Waals surface area contributed by atoms with Gasteiger partial charge in [-0.05, 0) is 36.4 Å². The summed E-state index contributed by atoms with van der Waals surface area (Å²) in [6.07, 6.45) is 2.19. The van der Waals surface area contributed by atoms with Crippen LogP contribution in [-0.4, -0.2) is 32.6 Å². The van der Waals surface area contributed by atoms with E-state index in [4.69, 9.17) is 9.15 Å². The second kappa shape index (κ2) is 8.03. The molecule has 0 aliphatic heterocycles. The number of aryl methyl sites for hydroxylation is 1. The minimum Gasteiger partial charge on any atom is -0.469 e. The molecule has 0 saturated heterocycles. The molecule has 0 saturated carbocycles. The van der Waals surface area contributed by atoms with E-state index >= 15 is 0 Å². The molecule has 2 aromatic rings. The van der Waals surface area contributed by atoms with Crippen LogP contribution in [0.2, 0.25) is 0 Å². The largest absolute Gasteiger partial charge is 0.469 e. The topological polar surface area (TPSA) is 71.8 Å². The third-order valence-corrected chi connectivity index (χ3v) is 3.19. The van der Waals surface area contributed by atoms with Gasteiger partial charge in [-0.2, -0.15) is 0 Å². The fourth-order valence-electron chi connectivity index (χ4n) is 1.94. The Morgan fingerprint density at radius 2 is 1.91 bits per heavy atom. The van der Waals surface area contributed by atoms with Gasteiger partial charge in [0.15, 0.2) is 6.61 Å². The van der Waals surface area contributed by atoms with Crippen LogP contribution in [0.5, 0.6) is 0 Å². The quantitative estimate of drug-likeness (QED) is 0.795. The number of nitrogens with zero attached hydrogens (tertiary/aromatic N) is 1. The highest BCUT2D eigenvalue weighted by Crippen LogP contribution is 2.15. The van der Waals surface area contributed by atoms with E-state index in [0.29, 0.717) is 17.9 Å². The van der Waals surface area contributed by atoms with Gasteiger partial charge in [-0.1, -0.05) is 0 Å². The highest BCUT2D eigenvalue weighted by Gasteiger charge is 2.09. The number of ether oxygens (including phenoxy) is 1. The molecule has 1 heterocycles. The van der Waals surface area contributed by atoms with Crippen molar-refractivity contribution in [1.82, 2.24) is 0 Å². The van der Waals surface area contributed by atoms with Crippen LogP contribution in [0.4, 0.5) is 11.4 Å². The lowest BCUT2D eigenvalue weighted by atomic mass is 10.2. The number of benzene rings is 1. The number of anilines is 2. The van der Waals surface area contributed by atoms with Gasteiger partial charge in [0, 0.05) is 31.9 Å². The maximum Gasteiger partial charge on any atom is 0.306 e.